The third-order valence-electron chi connectivity index (χ3n) is 2.19. The second-order valence-corrected chi connectivity index (χ2v) is 3.12. The second-order valence-electron chi connectivity index (χ2n) is 3.12. The van der Waals surface area contributed by atoms with Crippen molar-refractivity contribution in [3.8, 4) is 0 Å². The summed E-state index contributed by atoms with van der Waals surface area (Å²) in [5, 5.41) is 18.4. The molecule has 0 heterocycles. The Morgan fingerprint density at radius 2 is 1.91 bits per heavy atom. The summed E-state index contributed by atoms with van der Waals surface area (Å²) in [5.41, 5.74) is 0. The van der Waals surface area contributed by atoms with E-state index in [-0.39, 0.29) is 5.92 Å². The van der Waals surface area contributed by atoms with Crippen molar-refractivity contribution in [2.75, 3.05) is 0 Å². The first kappa shape index (κ1) is 8.68. The quantitative estimate of drug-likeness (QED) is 0.527. The van der Waals surface area contributed by atoms with Gasteiger partial charge in [-0.25, -0.2) is 0 Å². The topological polar surface area (TPSA) is 57.5 Å². The summed E-state index contributed by atoms with van der Waals surface area (Å²) in [5.74, 6) is -0.179. The van der Waals surface area contributed by atoms with Gasteiger partial charge in [-0.3, -0.25) is 4.79 Å². The molecule has 3 unspecified atom stereocenters. The third-order valence-corrected chi connectivity index (χ3v) is 2.19. The van der Waals surface area contributed by atoms with Gasteiger partial charge in [-0.2, -0.15) is 0 Å². The predicted molar refractivity (Wildman–Crippen MR) is 39.7 cm³/mol. The van der Waals surface area contributed by atoms with Crippen LogP contribution in [0, 0.1) is 5.92 Å². The molecule has 2 N–H and O–H groups in total. The third kappa shape index (κ3) is 2.27. The number of hydrogen-bond acceptors (Lipinski definition) is 3. The van der Waals surface area contributed by atoms with E-state index in [1.54, 1.807) is 0 Å². The molecule has 63 valence electrons. The number of rotatable bonds is 1. The highest BCUT2D eigenvalue weighted by molar-refractivity contribution is 5.54. The van der Waals surface area contributed by atoms with Crippen molar-refractivity contribution < 1.29 is 15.0 Å². The monoisotopic (exact) mass is 157 g/mol. The van der Waals surface area contributed by atoms with Gasteiger partial charge in [0.25, 0.3) is 0 Å². The maximum atomic E-state index is 10.2. The van der Waals surface area contributed by atoms with Crippen molar-refractivity contribution in [1.29, 1.82) is 0 Å². The Bertz CT molecular complexity index is 135. The van der Waals surface area contributed by atoms with Crippen molar-refractivity contribution in [2.24, 2.45) is 5.92 Å². The van der Waals surface area contributed by atoms with Crippen molar-refractivity contribution in [1.82, 2.24) is 0 Å². The van der Waals surface area contributed by atoms with E-state index in [0.29, 0.717) is 12.8 Å². The minimum atomic E-state index is -0.732. The summed E-state index contributed by atoms with van der Waals surface area (Å²) in [6.45, 7) is 0. The SMILES string of the molecule is O=[C]C1CCCC(O)C(O)C1. The van der Waals surface area contributed by atoms with E-state index in [0.717, 1.165) is 12.8 Å². The van der Waals surface area contributed by atoms with Crippen molar-refractivity contribution in [3.05, 3.63) is 0 Å². The van der Waals surface area contributed by atoms with E-state index in [4.69, 9.17) is 0 Å². The van der Waals surface area contributed by atoms with Gasteiger partial charge < -0.3 is 10.2 Å². The molecular formula is C8H13O3. The lowest BCUT2D eigenvalue weighted by atomic mass is 10.0. The Kier molecular flexibility index (Phi) is 3.02. The maximum absolute atomic E-state index is 10.2. The molecular weight excluding hydrogens is 144 g/mol. The van der Waals surface area contributed by atoms with Crippen LogP contribution >= 0.6 is 0 Å². The molecule has 1 aliphatic rings. The van der Waals surface area contributed by atoms with E-state index in [1.165, 1.54) is 0 Å². The van der Waals surface area contributed by atoms with Gasteiger partial charge in [0.2, 0.25) is 6.29 Å². The van der Waals surface area contributed by atoms with E-state index in [9.17, 15) is 15.0 Å². The van der Waals surface area contributed by atoms with E-state index < -0.39 is 12.2 Å². The highest BCUT2D eigenvalue weighted by Gasteiger charge is 2.24. The first-order valence-electron chi connectivity index (χ1n) is 3.98. The number of aliphatic hydroxyl groups is 2. The Balaban J connectivity index is 2.47. The maximum Gasteiger partial charge on any atom is 0.201 e. The van der Waals surface area contributed by atoms with Crippen molar-refractivity contribution in [2.45, 2.75) is 37.9 Å². The van der Waals surface area contributed by atoms with Gasteiger partial charge in [-0.05, 0) is 19.3 Å². The molecule has 0 bridgehead atoms. The lowest BCUT2D eigenvalue weighted by molar-refractivity contribution is 0.0132. The molecule has 1 fully saturated rings. The molecule has 3 atom stereocenters. The average molecular weight is 157 g/mol. The fraction of sp³-hybridized carbons (Fsp3) is 0.875. The first-order valence-corrected chi connectivity index (χ1v) is 3.98. The molecule has 1 rings (SSSR count). The van der Waals surface area contributed by atoms with Gasteiger partial charge >= 0.3 is 0 Å². The fourth-order valence-corrected chi connectivity index (χ4v) is 1.44. The molecule has 11 heavy (non-hydrogen) atoms. The smallest absolute Gasteiger partial charge is 0.201 e. The fourth-order valence-electron chi connectivity index (χ4n) is 1.44. The molecule has 0 aromatic rings. The van der Waals surface area contributed by atoms with Crippen molar-refractivity contribution >= 4 is 6.29 Å². The Morgan fingerprint density at radius 1 is 1.18 bits per heavy atom. The molecule has 0 amide bonds. The second kappa shape index (κ2) is 3.83. The van der Waals surface area contributed by atoms with Gasteiger partial charge in [-0.1, -0.05) is 6.42 Å². The molecule has 3 heteroatoms. The minimum absolute atomic E-state index is 0.179. The largest absolute Gasteiger partial charge is 0.390 e. The molecule has 1 aliphatic carbocycles. The Labute approximate surface area is 66.0 Å². The molecule has 3 nitrogen and oxygen atoms in total. The molecule has 0 aromatic carbocycles. The molecule has 1 saturated carbocycles. The summed E-state index contributed by atoms with van der Waals surface area (Å²) in [7, 11) is 0. The van der Waals surface area contributed by atoms with E-state index in [1.807, 2.05) is 6.29 Å². The van der Waals surface area contributed by atoms with Crippen LogP contribution in [0.2, 0.25) is 0 Å². The molecule has 1 radical (unpaired) electrons. The standard InChI is InChI=1S/C8H13O3/c9-5-6-2-1-3-7(10)8(11)4-6/h6-8,10-11H,1-4H2. The lowest BCUT2D eigenvalue weighted by Crippen LogP contribution is -2.25. The average Bonchev–Trinajstić information content (AvgIpc) is 2.15. The molecule has 0 spiro atoms. The van der Waals surface area contributed by atoms with Gasteiger partial charge in [0.15, 0.2) is 0 Å². The highest BCUT2D eigenvalue weighted by atomic mass is 16.3. The van der Waals surface area contributed by atoms with Crippen LogP contribution in [0.5, 0.6) is 0 Å². The van der Waals surface area contributed by atoms with Gasteiger partial charge in [0.1, 0.15) is 0 Å². The zero-order valence-corrected chi connectivity index (χ0v) is 6.36. The first-order chi connectivity index (χ1) is 5.24. The van der Waals surface area contributed by atoms with Crippen LogP contribution in [-0.4, -0.2) is 28.7 Å². The number of hydrogen-bond donors (Lipinski definition) is 2. The Hall–Kier alpha value is -0.410. The zero-order valence-electron chi connectivity index (χ0n) is 6.36. The normalized spacial score (nSPS) is 39.6. The molecule has 0 aromatic heterocycles. The van der Waals surface area contributed by atoms with Gasteiger partial charge in [0.05, 0.1) is 12.2 Å². The van der Waals surface area contributed by atoms with E-state index in [2.05, 4.69) is 0 Å². The predicted octanol–water partition coefficient (Wildman–Crippen LogP) is 0.00810. The van der Waals surface area contributed by atoms with Crippen LogP contribution in [0.1, 0.15) is 25.7 Å². The van der Waals surface area contributed by atoms with Crippen LogP contribution < -0.4 is 0 Å². The van der Waals surface area contributed by atoms with Crippen LogP contribution in [0.25, 0.3) is 0 Å². The van der Waals surface area contributed by atoms with Crippen LogP contribution in [0.3, 0.4) is 0 Å². The summed E-state index contributed by atoms with van der Waals surface area (Å²) in [4.78, 5) is 10.2. The number of carbonyl (C=O) groups excluding carboxylic acids is 1. The van der Waals surface area contributed by atoms with Crippen LogP contribution in [0.15, 0.2) is 0 Å². The lowest BCUT2D eigenvalue weighted by Gasteiger charge is -2.14. The molecule has 0 saturated heterocycles. The van der Waals surface area contributed by atoms with Gasteiger partial charge in [0, 0.05) is 5.92 Å². The van der Waals surface area contributed by atoms with Crippen LogP contribution in [0.4, 0.5) is 0 Å². The number of aliphatic hydroxyl groups excluding tert-OH is 2. The summed E-state index contributed by atoms with van der Waals surface area (Å²) in [6, 6.07) is 0. The summed E-state index contributed by atoms with van der Waals surface area (Å²) in [6.07, 6.45) is 3.01. The van der Waals surface area contributed by atoms with Crippen LogP contribution in [-0.2, 0) is 4.79 Å². The summed E-state index contributed by atoms with van der Waals surface area (Å²) >= 11 is 0. The minimum Gasteiger partial charge on any atom is -0.390 e. The summed E-state index contributed by atoms with van der Waals surface area (Å²) < 4.78 is 0. The zero-order chi connectivity index (χ0) is 8.27. The Morgan fingerprint density at radius 3 is 2.55 bits per heavy atom. The highest BCUT2D eigenvalue weighted by Crippen LogP contribution is 2.21. The molecule has 0 aliphatic heterocycles. The van der Waals surface area contributed by atoms with E-state index >= 15 is 0 Å². The van der Waals surface area contributed by atoms with Crippen molar-refractivity contribution in [3.63, 3.8) is 0 Å². The van der Waals surface area contributed by atoms with Gasteiger partial charge in [-0.15, -0.1) is 0 Å².